The largest absolute Gasteiger partial charge is 0.489 e. The first-order valence-corrected chi connectivity index (χ1v) is 9.01. The molecule has 0 aromatic heterocycles. The first-order chi connectivity index (χ1) is 13.9. The van der Waals surface area contributed by atoms with Crippen LogP contribution in [0.4, 0.5) is 13.2 Å². The summed E-state index contributed by atoms with van der Waals surface area (Å²) in [6.07, 6.45) is -4.36. The van der Waals surface area contributed by atoms with Crippen LogP contribution in [0.25, 0.3) is 0 Å². The van der Waals surface area contributed by atoms with Crippen molar-refractivity contribution >= 4 is 17.3 Å². The Morgan fingerprint density at radius 2 is 1.41 bits per heavy atom. The van der Waals surface area contributed by atoms with Crippen molar-refractivity contribution in [3.05, 3.63) is 100 Å². The fourth-order valence-electron chi connectivity index (χ4n) is 2.64. The number of hydrogen-bond acceptors (Lipinski definition) is 3. The molecule has 29 heavy (non-hydrogen) atoms. The number of nitrogens with zero attached hydrogens (tertiary/aromatic N) is 1. The van der Waals surface area contributed by atoms with Gasteiger partial charge in [-0.3, -0.25) is 0 Å². The molecule has 150 valence electrons. The molecular formula is C22H17ClF3NO2. The van der Waals surface area contributed by atoms with Crippen molar-refractivity contribution in [2.75, 3.05) is 7.11 Å². The van der Waals surface area contributed by atoms with Crippen LogP contribution in [-0.4, -0.2) is 12.8 Å². The van der Waals surface area contributed by atoms with Crippen molar-refractivity contribution in [1.29, 1.82) is 0 Å². The number of rotatable bonds is 6. The first kappa shape index (κ1) is 20.7. The smallest absolute Gasteiger partial charge is 0.416 e. The average Bonchev–Trinajstić information content (AvgIpc) is 2.71. The number of alkyl halides is 3. The molecule has 3 aromatic carbocycles. The zero-order valence-electron chi connectivity index (χ0n) is 15.4. The van der Waals surface area contributed by atoms with E-state index >= 15 is 0 Å². The van der Waals surface area contributed by atoms with Gasteiger partial charge in [-0.2, -0.15) is 13.2 Å². The molecule has 0 N–H and O–H groups in total. The van der Waals surface area contributed by atoms with Gasteiger partial charge in [0.25, 0.3) is 0 Å². The predicted octanol–water partition coefficient (Wildman–Crippen LogP) is 6.34. The third kappa shape index (κ3) is 5.51. The molecule has 0 bridgehead atoms. The van der Waals surface area contributed by atoms with Gasteiger partial charge in [0.05, 0.1) is 5.56 Å². The summed E-state index contributed by atoms with van der Waals surface area (Å²) in [6.45, 7) is 0.226. The van der Waals surface area contributed by atoms with E-state index in [1.54, 1.807) is 12.1 Å². The number of oxime groups is 1. The fraction of sp³-hybridized carbons (Fsp3) is 0.136. The standard InChI is InChI=1S/C22H17ClF3NO2/c1-28-27-21(17-6-10-19(23)11-7-17)16-4-2-15(3-5-16)14-29-20-12-8-18(9-13-20)22(24,25)26/h2-13H,14H2,1H3. The topological polar surface area (TPSA) is 30.8 Å². The summed E-state index contributed by atoms with van der Waals surface area (Å²) in [5.74, 6) is 0.366. The van der Waals surface area contributed by atoms with E-state index in [0.717, 1.165) is 28.8 Å². The Morgan fingerprint density at radius 3 is 1.93 bits per heavy atom. The molecule has 3 aromatic rings. The maximum atomic E-state index is 12.6. The van der Waals surface area contributed by atoms with Crippen molar-refractivity contribution in [2.24, 2.45) is 5.16 Å². The minimum Gasteiger partial charge on any atom is -0.489 e. The molecule has 7 heteroatoms. The molecule has 0 aliphatic heterocycles. The summed E-state index contributed by atoms with van der Waals surface area (Å²) < 4.78 is 43.4. The van der Waals surface area contributed by atoms with Crippen molar-refractivity contribution in [3.63, 3.8) is 0 Å². The molecule has 0 aliphatic rings. The van der Waals surface area contributed by atoms with Gasteiger partial charge in [-0.15, -0.1) is 0 Å². The maximum Gasteiger partial charge on any atom is 0.416 e. The third-order valence-electron chi connectivity index (χ3n) is 4.11. The van der Waals surface area contributed by atoms with Gasteiger partial charge in [0, 0.05) is 16.1 Å². The predicted molar refractivity (Wildman–Crippen MR) is 106 cm³/mol. The summed E-state index contributed by atoms with van der Waals surface area (Å²) in [6, 6.07) is 19.3. The van der Waals surface area contributed by atoms with Crippen LogP contribution < -0.4 is 4.74 Å². The minimum atomic E-state index is -4.36. The van der Waals surface area contributed by atoms with Crippen LogP contribution >= 0.6 is 11.6 Å². The average molecular weight is 420 g/mol. The van der Waals surface area contributed by atoms with Gasteiger partial charge in [0.15, 0.2) is 0 Å². The first-order valence-electron chi connectivity index (χ1n) is 8.63. The summed E-state index contributed by atoms with van der Waals surface area (Å²) in [5.41, 5.74) is 2.50. The molecule has 0 saturated heterocycles. The van der Waals surface area contributed by atoms with E-state index < -0.39 is 11.7 Å². The summed E-state index contributed by atoms with van der Waals surface area (Å²) in [4.78, 5) is 4.96. The molecule has 0 atom stereocenters. The van der Waals surface area contributed by atoms with Gasteiger partial charge in [0.2, 0.25) is 0 Å². The second-order valence-corrected chi connectivity index (χ2v) is 6.57. The number of ether oxygens (including phenoxy) is 1. The lowest BCUT2D eigenvalue weighted by molar-refractivity contribution is -0.137. The quantitative estimate of drug-likeness (QED) is 0.345. The maximum absolute atomic E-state index is 12.6. The highest BCUT2D eigenvalue weighted by Gasteiger charge is 2.30. The lowest BCUT2D eigenvalue weighted by Crippen LogP contribution is -2.05. The van der Waals surface area contributed by atoms with Gasteiger partial charge in [-0.05, 0) is 42.0 Å². The van der Waals surface area contributed by atoms with Gasteiger partial charge in [-0.25, -0.2) is 0 Å². The molecule has 3 nitrogen and oxygen atoms in total. The van der Waals surface area contributed by atoms with E-state index in [0.29, 0.717) is 16.5 Å². The van der Waals surface area contributed by atoms with Crippen molar-refractivity contribution < 1.29 is 22.7 Å². The zero-order chi connectivity index (χ0) is 20.9. The van der Waals surface area contributed by atoms with Gasteiger partial charge in [-0.1, -0.05) is 53.2 Å². The second-order valence-electron chi connectivity index (χ2n) is 6.14. The van der Waals surface area contributed by atoms with E-state index in [9.17, 15) is 13.2 Å². The Labute approximate surface area is 171 Å². The van der Waals surface area contributed by atoms with Crippen molar-refractivity contribution in [2.45, 2.75) is 12.8 Å². The van der Waals surface area contributed by atoms with Crippen LogP contribution in [0.15, 0.2) is 78.0 Å². The Kier molecular flexibility index (Phi) is 6.44. The van der Waals surface area contributed by atoms with E-state index in [-0.39, 0.29) is 6.61 Å². The molecular weight excluding hydrogens is 403 g/mol. The Hall–Kier alpha value is -2.99. The molecule has 0 amide bonds. The lowest BCUT2D eigenvalue weighted by atomic mass is 10.0. The SMILES string of the molecule is CON=C(c1ccc(Cl)cc1)c1ccc(COc2ccc(C(F)(F)F)cc2)cc1. The number of halogens is 4. The third-order valence-corrected chi connectivity index (χ3v) is 4.37. The Balaban J connectivity index is 1.69. The van der Waals surface area contributed by atoms with Gasteiger partial charge in [0.1, 0.15) is 25.2 Å². The highest BCUT2D eigenvalue weighted by Crippen LogP contribution is 2.30. The molecule has 0 heterocycles. The van der Waals surface area contributed by atoms with E-state index in [1.807, 2.05) is 36.4 Å². The molecule has 0 saturated carbocycles. The monoisotopic (exact) mass is 419 g/mol. The Bertz CT molecular complexity index is 967. The normalized spacial score (nSPS) is 12.0. The minimum absolute atomic E-state index is 0.226. The molecule has 0 fully saturated rings. The summed E-state index contributed by atoms with van der Waals surface area (Å²) in [7, 11) is 1.47. The number of benzene rings is 3. The number of hydrogen-bond donors (Lipinski definition) is 0. The van der Waals surface area contributed by atoms with Crippen LogP contribution in [-0.2, 0) is 17.6 Å². The highest BCUT2D eigenvalue weighted by atomic mass is 35.5. The van der Waals surface area contributed by atoms with Crippen LogP contribution in [0, 0.1) is 0 Å². The molecule has 3 rings (SSSR count). The fourth-order valence-corrected chi connectivity index (χ4v) is 2.76. The van der Waals surface area contributed by atoms with Crippen molar-refractivity contribution in [3.8, 4) is 5.75 Å². The molecule has 0 spiro atoms. The highest BCUT2D eigenvalue weighted by molar-refractivity contribution is 6.30. The van der Waals surface area contributed by atoms with Gasteiger partial charge < -0.3 is 9.57 Å². The summed E-state index contributed by atoms with van der Waals surface area (Å²) in [5, 5.41) is 4.72. The van der Waals surface area contributed by atoms with Crippen LogP contribution in [0.1, 0.15) is 22.3 Å². The van der Waals surface area contributed by atoms with E-state index in [1.165, 1.54) is 19.2 Å². The molecule has 0 radical (unpaired) electrons. The lowest BCUT2D eigenvalue weighted by Gasteiger charge is -2.10. The van der Waals surface area contributed by atoms with Gasteiger partial charge >= 0.3 is 6.18 Å². The van der Waals surface area contributed by atoms with Crippen LogP contribution in [0.5, 0.6) is 5.75 Å². The molecule has 0 unspecified atom stereocenters. The van der Waals surface area contributed by atoms with Crippen LogP contribution in [0.3, 0.4) is 0 Å². The molecule has 0 aliphatic carbocycles. The zero-order valence-corrected chi connectivity index (χ0v) is 16.2. The summed E-state index contributed by atoms with van der Waals surface area (Å²) >= 11 is 5.94. The van der Waals surface area contributed by atoms with E-state index in [2.05, 4.69) is 5.16 Å². The Morgan fingerprint density at radius 1 is 0.862 bits per heavy atom. The van der Waals surface area contributed by atoms with Crippen molar-refractivity contribution in [1.82, 2.24) is 0 Å². The van der Waals surface area contributed by atoms with E-state index in [4.69, 9.17) is 21.2 Å². The second kappa shape index (κ2) is 9.01. The van der Waals surface area contributed by atoms with Crippen LogP contribution in [0.2, 0.25) is 5.02 Å².